The molecule has 5 atom stereocenters. The van der Waals surface area contributed by atoms with Crippen LogP contribution in [0.15, 0.2) is 60.8 Å². The Bertz CT molecular complexity index is 1430. The maximum absolute atomic E-state index is 12.2. The van der Waals surface area contributed by atoms with Gasteiger partial charge < -0.3 is 29.6 Å². The van der Waals surface area contributed by atoms with Crippen LogP contribution in [-0.2, 0) is 41.7 Å². The van der Waals surface area contributed by atoms with Gasteiger partial charge in [-0.1, -0.05) is 61.5 Å². The van der Waals surface area contributed by atoms with Crippen molar-refractivity contribution >= 4 is 17.8 Å². The number of esters is 1. The molecule has 2 aromatic carbocycles. The summed E-state index contributed by atoms with van der Waals surface area (Å²) in [4.78, 5) is 36.2. The van der Waals surface area contributed by atoms with E-state index in [1.165, 1.54) is 6.92 Å². The van der Waals surface area contributed by atoms with Crippen LogP contribution < -0.4 is 15.4 Å². The number of unbranched alkanes of at least 4 members (excludes halogenated alkanes) is 1. The van der Waals surface area contributed by atoms with Crippen molar-refractivity contribution in [3.8, 4) is 17.0 Å². The zero-order valence-corrected chi connectivity index (χ0v) is 27.7. The summed E-state index contributed by atoms with van der Waals surface area (Å²) in [5, 5.41) is 14.6. The SMILES string of the molecule is COc1cccc(-c2cn(CC3OC(OCCCCNC(=O)CCCC(=O)OCc4ccccc4)C(NC(C)=O)C(C)C3C)nn2)c1. The lowest BCUT2D eigenvalue weighted by molar-refractivity contribution is -0.239. The molecule has 0 bridgehead atoms. The molecule has 3 aromatic rings. The Morgan fingerprint density at radius 2 is 1.79 bits per heavy atom. The van der Waals surface area contributed by atoms with E-state index in [1.807, 2.05) is 60.8 Å². The highest BCUT2D eigenvalue weighted by molar-refractivity contribution is 5.77. The molecule has 0 aliphatic carbocycles. The van der Waals surface area contributed by atoms with Crippen LogP contribution in [-0.4, -0.2) is 71.5 Å². The lowest BCUT2D eigenvalue weighted by atomic mass is 9.82. The van der Waals surface area contributed by atoms with Gasteiger partial charge in [0.1, 0.15) is 18.1 Å². The summed E-state index contributed by atoms with van der Waals surface area (Å²) >= 11 is 0. The number of ether oxygens (including phenoxy) is 4. The number of nitrogens with zero attached hydrogens (tertiary/aromatic N) is 3. The van der Waals surface area contributed by atoms with Crippen molar-refractivity contribution in [3.05, 3.63) is 66.4 Å². The minimum absolute atomic E-state index is 0.0823. The van der Waals surface area contributed by atoms with Crippen LogP contribution in [0.5, 0.6) is 5.75 Å². The Kier molecular flexibility index (Phi) is 13.7. The van der Waals surface area contributed by atoms with Crippen molar-refractivity contribution in [1.29, 1.82) is 0 Å². The molecule has 12 heteroatoms. The number of carbonyl (C=O) groups is 3. The summed E-state index contributed by atoms with van der Waals surface area (Å²) < 4.78 is 25.0. The third-order valence-electron chi connectivity index (χ3n) is 8.43. The predicted molar refractivity (Wildman–Crippen MR) is 175 cm³/mol. The fraction of sp³-hybridized carbons (Fsp3) is 0.514. The summed E-state index contributed by atoms with van der Waals surface area (Å²) in [7, 11) is 1.63. The molecule has 1 saturated heterocycles. The Hall–Kier alpha value is -4.29. The number of nitrogens with one attached hydrogen (secondary N) is 2. The summed E-state index contributed by atoms with van der Waals surface area (Å²) in [6.45, 7) is 7.31. The van der Waals surface area contributed by atoms with Crippen LogP contribution >= 0.6 is 0 Å². The first kappa shape index (κ1) is 35.6. The molecule has 0 radical (unpaired) electrons. The van der Waals surface area contributed by atoms with Crippen molar-refractivity contribution in [2.75, 3.05) is 20.3 Å². The number of rotatable bonds is 17. The van der Waals surface area contributed by atoms with Gasteiger partial charge >= 0.3 is 5.97 Å². The second-order valence-corrected chi connectivity index (χ2v) is 12.0. The first-order valence-electron chi connectivity index (χ1n) is 16.3. The molecule has 0 spiro atoms. The van der Waals surface area contributed by atoms with Crippen molar-refractivity contribution in [1.82, 2.24) is 25.6 Å². The number of methoxy groups -OCH3 is 1. The summed E-state index contributed by atoms with van der Waals surface area (Å²) in [5.41, 5.74) is 2.57. The van der Waals surface area contributed by atoms with Crippen molar-refractivity contribution < 1.29 is 33.3 Å². The second-order valence-electron chi connectivity index (χ2n) is 12.0. The number of aromatic nitrogens is 3. The first-order chi connectivity index (χ1) is 22.7. The Morgan fingerprint density at radius 1 is 0.979 bits per heavy atom. The van der Waals surface area contributed by atoms with Gasteiger partial charge in [-0.3, -0.25) is 14.4 Å². The van der Waals surface area contributed by atoms with Crippen molar-refractivity contribution in [2.45, 2.75) is 84.5 Å². The molecule has 2 heterocycles. The quantitative estimate of drug-likeness (QED) is 0.162. The number of benzene rings is 2. The minimum Gasteiger partial charge on any atom is -0.497 e. The van der Waals surface area contributed by atoms with Gasteiger partial charge in [0.25, 0.3) is 0 Å². The zero-order valence-electron chi connectivity index (χ0n) is 27.7. The second kappa shape index (κ2) is 18.2. The van der Waals surface area contributed by atoms with Crippen LogP contribution in [0.4, 0.5) is 0 Å². The van der Waals surface area contributed by atoms with Gasteiger partial charge in [-0.05, 0) is 48.8 Å². The van der Waals surface area contributed by atoms with Crippen LogP contribution in [0.2, 0.25) is 0 Å². The molecule has 5 unspecified atom stereocenters. The van der Waals surface area contributed by atoms with Crippen LogP contribution in [0.25, 0.3) is 11.3 Å². The fourth-order valence-corrected chi connectivity index (χ4v) is 5.51. The van der Waals surface area contributed by atoms with Crippen molar-refractivity contribution in [3.63, 3.8) is 0 Å². The highest BCUT2D eigenvalue weighted by Crippen LogP contribution is 2.32. The normalized spacial score (nSPS) is 20.7. The average Bonchev–Trinajstić information content (AvgIpc) is 3.54. The zero-order chi connectivity index (χ0) is 33.6. The third-order valence-corrected chi connectivity index (χ3v) is 8.43. The lowest BCUT2D eigenvalue weighted by Crippen LogP contribution is -2.58. The highest BCUT2D eigenvalue weighted by Gasteiger charge is 2.42. The average molecular weight is 650 g/mol. The molecule has 12 nitrogen and oxygen atoms in total. The van der Waals surface area contributed by atoms with Gasteiger partial charge in [-0.25, -0.2) is 4.68 Å². The molecule has 254 valence electrons. The number of hydrogen-bond donors (Lipinski definition) is 2. The van der Waals surface area contributed by atoms with E-state index in [4.69, 9.17) is 18.9 Å². The first-order valence-corrected chi connectivity index (χ1v) is 16.3. The van der Waals surface area contributed by atoms with Gasteiger partial charge in [-0.2, -0.15) is 0 Å². The number of carbonyl (C=O) groups excluding carboxylic acids is 3. The maximum Gasteiger partial charge on any atom is 0.306 e. The maximum atomic E-state index is 12.2. The van der Waals surface area contributed by atoms with E-state index in [1.54, 1.807) is 11.8 Å². The largest absolute Gasteiger partial charge is 0.497 e. The smallest absolute Gasteiger partial charge is 0.306 e. The van der Waals surface area contributed by atoms with Gasteiger partial charge in [0.05, 0.1) is 32.0 Å². The highest BCUT2D eigenvalue weighted by atomic mass is 16.7. The predicted octanol–water partition coefficient (Wildman–Crippen LogP) is 4.28. The van der Waals surface area contributed by atoms with Gasteiger partial charge in [0.2, 0.25) is 11.8 Å². The molecule has 47 heavy (non-hydrogen) atoms. The molecule has 1 aromatic heterocycles. The van der Waals surface area contributed by atoms with Crippen LogP contribution in [0, 0.1) is 11.8 Å². The molecule has 2 N–H and O–H groups in total. The van der Waals surface area contributed by atoms with E-state index in [9.17, 15) is 14.4 Å². The van der Waals surface area contributed by atoms with E-state index in [0.29, 0.717) is 39.0 Å². The fourth-order valence-electron chi connectivity index (χ4n) is 5.51. The topological polar surface area (TPSA) is 143 Å². The Labute approximate surface area is 276 Å². The monoisotopic (exact) mass is 649 g/mol. The van der Waals surface area contributed by atoms with E-state index in [0.717, 1.165) is 22.6 Å². The standard InChI is InChI=1S/C35H47N5O7/c1-24-25(2)34(37-26(3)41)35(47-31(24)22-40-21-30(38-39-40)28-14-10-15-29(20-28)44-4)45-19-9-8-18-36-32(42)16-11-17-33(43)46-23-27-12-6-5-7-13-27/h5-7,10,12-15,20-21,24-25,31,34-35H,8-9,11,16-19,22-23H2,1-4H3,(H,36,42)(H,37,41). The summed E-state index contributed by atoms with van der Waals surface area (Å²) in [6, 6.07) is 16.8. The minimum atomic E-state index is -0.632. The number of hydrogen-bond acceptors (Lipinski definition) is 9. The van der Waals surface area contributed by atoms with Gasteiger partial charge in [-0.15, -0.1) is 5.10 Å². The molecule has 2 amide bonds. The van der Waals surface area contributed by atoms with Gasteiger partial charge in [0.15, 0.2) is 6.29 Å². The van der Waals surface area contributed by atoms with Gasteiger partial charge in [0, 0.05) is 38.5 Å². The van der Waals surface area contributed by atoms with E-state index < -0.39 is 6.29 Å². The van der Waals surface area contributed by atoms with Crippen molar-refractivity contribution in [2.24, 2.45) is 11.8 Å². The Balaban J connectivity index is 1.18. The third kappa shape index (κ3) is 11.2. The molecule has 1 fully saturated rings. The van der Waals surface area contributed by atoms with E-state index in [-0.39, 0.29) is 61.2 Å². The molecule has 1 aliphatic heterocycles. The Morgan fingerprint density at radius 3 is 2.55 bits per heavy atom. The summed E-state index contributed by atoms with van der Waals surface area (Å²) in [6.07, 6.45) is 3.34. The lowest BCUT2D eigenvalue weighted by Gasteiger charge is -2.44. The summed E-state index contributed by atoms with van der Waals surface area (Å²) in [5.74, 6) is 0.380. The molecular formula is C35H47N5O7. The molecular weight excluding hydrogens is 602 g/mol. The molecule has 1 aliphatic rings. The van der Waals surface area contributed by atoms with E-state index in [2.05, 4.69) is 34.8 Å². The van der Waals surface area contributed by atoms with E-state index >= 15 is 0 Å². The van der Waals surface area contributed by atoms with Crippen LogP contribution in [0.1, 0.15) is 58.4 Å². The molecule has 0 saturated carbocycles. The number of amides is 2. The molecule has 4 rings (SSSR count). The van der Waals surface area contributed by atoms with Crippen LogP contribution in [0.3, 0.4) is 0 Å².